The molecule has 0 spiro atoms. The van der Waals surface area contributed by atoms with Crippen molar-refractivity contribution < 1.29 is 10.2 Å². The normalized spacial score (nSPS) is 10.2. The first-order valence-electron chi connectivity index (χ1n) is 6.98. The molecule has 0 fully saturated rings. The molecule has 0 saturated heterocycles. The third-order valence-corrected chi connectivity index (χ3v) is 3.78. The van der Waals surface area contributed by atoms with Gasteiger partial charge in [0, 0.05) is 10.6 Å². The Balaban J connectivity index is 0.000000211. The molecule has 0 aliphatic heterocycles. The van der Waals surface area contributed by atoms with Gasteiger partial charge in [-0.25, -0.2) is 0 Å². The maximum Gasteiger partial charge on any atom is 0.122 e. The van der Waals surface area contributed by atoms with Crippen LogP contribution in [0.1, 0.15) is 42.0 Å². The second-order valence-electron chi connectivity index (χ2n) is 5.55. The Morgan fingerprint density at radius 3 is 2.05 bits per heavy atom. The van der Waals surface area contributed by atoms with Gasteiger partial charge in [-0.1, -0.05) is 43.6 Å². The highest BCUT2D eigenvalue weighted by atomic mass is 35.5. The zero-order valence-electron chi connectivity index (χ0n) is 13.2. The number of rotatable bonds is 1. The van der Waals surface area contributed by atoms with Crippen molar-refractivity contribution in [3.8, 4) is 11.5 Å². The van der Waals surface area contributed by atoms with Gasteiger partial charge >= 0.3 is 0 Å². The molecule has 2 nitrogen and oxygen atoms in total. The maximum atomic E-state index is 9.46. The van der Waals surface area contributed by atoms with E-state index in [0.717, 1.165) is 22.3 Å². The molecule has 2 N–H and O–H groups in total. The second-order valence-corrected chi connectivity index (χ2v) is 5.96. The van der Waals surface area contributed by atoms with E-state index in [0.29, 0.717) is 22.4 Å². The molecule has 0 atom stereocenters. The van der Waals surface area contributed by atoms with Crippen LogP contribution in [0.4, 0.5) is 0 Å². The van der Waals surface area contributed by atoms with Crippen LogP contribution in [-0.2, 0) is 0 Å². The van der Waals surface area contributed by atoms with Crippen molar-refractivity contribution >= 4 is 11.6 Å². The van der Waals surface area contributed by atoms with Crippen molar-refractivity contribution in [1.82, 2.24) is 0 Å². The summed E-state index contributed by atoms with van der Waals surface area (Å²) in [5.41, 5.74) is 3.74. The van der Waals surface area contributed by atoms with Crippen LogP contribution in [0.15, 0.2) is 30.3 Å². The Morgan fingerprint density at radius 2 is 1.57 bits per heavy atom. The van der Waals surface area contributed by atoms with Crippen LogP contribution in [0.3, 0.4) is 0 Å². The fourth-order valence-corrected chi connectivity index (χ4v) is 2.11. The lowest BCUT2D eigenvalue weighted by molar-refractivity contribution is 0.464. The number of aromatic hydroxyl groups is 2. The lowest BCUT2D eigenvalue weighted by Gasteiger charge is -2.07. The van der Waals surface area contributed by atoms with Gasteiger partial charge in [0.2, 0.25) is 0 Å². The van der Waals surface area contributed by atoms with Crippen LogP contribution >= 0.6 is 11.6 Å². The van der Waals surface area contributed by atoms with Gasteiger partial charge in [-0.05, 0) is 55.5 Å². The lowest BCUT2D eigenvalue weighted by Crippen LogP contribution is -1.87. The topological polar surface area (TPSA) is 40.5 Å². The van der Waals surface area contributed by atoms with Crippen molar-refractivity contribution in [2.45, 2.75) is 40.5 Å². The van der Waals surface area contributed by atoms with E-state index in [-0.39, 0.29) is 0 Å². The predicted molar refractivity (Wildman–Crippen MR) is 89.5 cm³/mol. The molecule has 0 heterocycles. The fraction of sp³-hybridized carbons (Fsp3) is 0.333. The third-order valence-electron chi connectivity index (χ3n) is 3.37. The number of phenolic OH excluding ortho intramolecular Hbond substituents is 2. The van der Waals surface area contributed by atoms with Crippen molar-refractivity contribution in [1.29, 1.82) is 0 Å². The second kappa shape index (κ2) is 7.37. The van der Waals surface area contributed by atoms with Crippen molar-refractivity contribution in [2.24, 2.45) is 0 Å². The standard InChI is InChI=1S/C10H14O.C8H9ClO/c1-7(2)9-5-4-8(3)6-10(9)11;1-5-3-4-7(9)6(2)8(5)10/h4-7,11H,1-3H3;3-4,10H,1-2H3. The monoisotopic (exact) mass is 306 g/mol. The van der Waals surface area contributed by atoms with Gasteiger partial charge in [-0.3, -0.25) is 0 Å². The molecule has 0 unspecified atom stereocenters. The van der Waals surface area contributed by atoms with E-state index in [1.807, 2.05) is 26.0 Å². The smallest absolute Gasteiger partial charge is 0.122 e. The van der Waals surface area contributed by atoms with E-state index in [2.05, 4.69) is 13.8 Å². The van der Waals surface area contributed by atoms with Crippen LogP contribution < -0.4 is 0 Å². The van der Waals surface area contributed by atoms with Crippen LogP contribution in [0.2, 0.25) is 5.02 Å². The molecule has 2 rings (SSSR count). The minimum Gasteiger partial charge on any atom is -0.508 e. The van der Waals surface area contributed by atoms with Gasteiger partial charge in [0.15, 0.2) is 0 Å². The number of aryl methyl sites for hydroxylation is 2. The Labute approximate surface area is 132 Å². The highest BCUT2D eigenvalue weighted by molar-refractivity contribution is 6.31. The van der Waals surface area contributed by atoms with E-state index in [4.69, 9.17) is 11.6 Å². The summed E-state index contributed by atoms with van der Waals surface area (Å²) in [4.78, 5) is 0. The van der Waals surface area contributed by atoms with Gasteiger partial charge in [-0.15, -0.1) is 0 Å². The Morgan fingerprint density at radius 1 is 0.952 bits per heavy atom. The molecular formula is C18H23ClO2. The van der Waals surface area contributed by atoms with Crippen molar-refractivity contribution in [2.75, 3.05) is 0 Å². The molecule has 114 valence electrons. The minimum atomic E-state index is 0.299. The zero-order valence-corrected chi connectivity index (χ0v) is 14.0. The van der Waals surface area contributed by atoms with Crippen molar-refractivity contribution in [3.05, 3.63) is 57.6 Å². The average molecular weight is 307 g/mol. The quantitative estimate of drug-likeness (QED) is 0.731. The summed E-state index contributed by atoms with van der Waals surface area (Å²) in [5, 5.41) is 19.4. The predicted octanol–water partition coefficient (Wildman–Crippen LogP) is 5.49. The summed E-state index contributed by atoms with van der Waals surface area (Å²) < 4.78 is 0. The Bertz CT molecular complexity index is 592. The molecule has 0 aliphatic rings. The molecule has 0 aromatic heterocycles. The summed E-state index contributed by atoms with van der Waals surface area (Å²) in [6, 6.07) is 9.39. The van der Waals surface area contributed by atoms with Crippen LogP contribution in [-0.4, -0.2) is 10.2 Å². The van der Waals surface area contributed by atoms with E-state index in [1.54, 1.807) is 25.1 Å². The number of hydrogen-bond acceptors (Lipinski definition) is 2. The van der Waals surface area contributed by atoms with Gasteiger partial charge in [0.1, 0.15) is 11.5 Å². The summed E-state index contributed by atoms with van der Waals surface area (Å²) >= 11 is 5.73. The zero-order chi connectivity index (χ0) is 16.2. The van der Waals surface area contributed by atoms with E-state index < -0.39 is 0 Å². The van der Waals surface area contributed by atoms with Crippen molar-refractivity contribution in [3.63, 3.8) is 0 Å². The first-order chi connectivity index (χ1) is 9.73. The molecule has 0 amide bonds. The Hall–Kier alpha value is -1.67. The summed E-state index contributed by atoms with van der Waals surface area (Å²) in [7, 11) is 0. The molecule has 2 aromatic rings. The number of benzene rings is 2. The first kappa shape index (κ1) is 17.4. The largest absolute Gasteiger partial charge is 0.508 e. The first-order valence-corrected chi connectivity index (χ1v) is 7.36. The molecule has 0 bridgehead atoms. The number of phenols is 2. The summed E-state index contributed by atoms with van der Waals surface area (Å²) in [5.74, 6) is 1.11. The van der Waals surface area contributed by atoms with Crippen LogP contribution in [0.25, 0.3) is 0 Å². The Kier molecular flexibility index (Phi) is 6.10. The molecular weight excluding hydrogens is 284 g/mol. The summed E-state index contributed by atoms with van der Waals surface area (Å²) in [6.45, 7) is 9.77. The summed E-state index contributed by atoms with van der Waals surface area (Å²) in [6.07, 6.45) is 0. The molecule has 0 aliphatic carbocycles. The SMILES string of the molecule is Cc1ccc(C(C)C)c(O)c1.Cc1ccc(Cl)c(C)c1O. The third kappa shape index (κ3) is 4.68. The van der Waals surface area contributed by atoms with E-state index in [9.17, 15) is 10.2 Å². The molecule has 0 saturated carbocycles. The van der Waals surface area contributed by atoms with E-state index in [1.165, 1.54) is 0 Å². The average Bonchev–Trinajstić information content (AvgIpc) is 2.41. The molecule has 3 heteroatoms. The maximum absolute atomic E-state index is 9.46. The highest BCUT2D eigenvalue weighted by Gasteiger charge is 2.04. The van der Waals surface area contributed by atoms with Gasteiger partial charge in [0.25, 0.3) is 0 Å². The molecule has 21 heavy (non-hydrogen) atoms. The van der Waals surface area contributed by atoms with Gasteiger partial charge in [-0.2, -0.15) is 0 Å². The minimum absolute atomic E-state index is 0.299. The highest BCUT2D eigenvalue weighted by Crippen LogP contribution is 2.27. The van der Waals surface area contributed by atoms with Crippen LogP contribution in [0.5, 0.6) is 11.5 Å². The number of halogens is 1. The molecule has 2 aromatic carbocycles. The van der Waals surface area contributed by atoms with Crippen LogP contribution in [0, 0.1) is 20.8 Å². The fourth-order valence-electron chi connectivity index (χ4n) is 1.95. The van der Waals surface area contributed by atoms with E-state index >= 15 is 0 Å². The van der Waals surface area contributed by atoms with Gasteiger partial charge < -0.3 is 10.2 Å². The number of hydrogen-bond donors (Lipinski definition) is 2. The molecule has 0 radical (unpaired) electrons. The lowest BCUT2D eigenvalue weighted by atomic mass is 10.0. The van der Waals surface area contributed by atoms with Gasteiger partial charge in [0.05, 0.1) is 0 Å².